The third kappa shape index (κ3) is 3.97. The number of hydrogen-bond donors (Lipinski definition) is 1. The largest absolute Gasteiger partial charge is 0.344 e. The van der Waals surface area contributed by atoms with Crippen molar-refractivity contribution in [3.05, 3.63) is 71.3 Å². The maximum atomic E-state index is 12.5. The average molecular weight is 340 g/mol. The smallest absolute Gasteiger partial charge is 0.240 e. The van der Waals surface area contributed by atoms with Crippen LogP contribution in [0.2, 0.25) is 0 Å². The van der Waals surface area contributed by atoms with Gasteiger partial charge in [-0.15, -0.1) is 11.8 Å². The van der Waals surface area contributed by atoms with Crippen molar-refractivity contribution >= 4 is 23.6 Å². The molecule has 24 heavy (non-hydrogen) atoms. The van der Waals surface area contributed by atoms with E-state index < -0.39 is 0 Å². The van der Waals surface area contributed by atoms with Gasteiger partial charge in [0.1, 0.15) is 6.54 Å². The highest BCUT2D eigenvalue weighted by atomic mass is 32.2. The Hall–Kier alpha value is -2.27. The minimum atomic E-state index is -0.218. The normalized spacial score (nSPS) is 15.4. The van der Waals surface area contributed by atoms with Gasteiger partial charge in [-0.3, -0.25) is 9.59 Å². The molecule has 0 aromatic heterocycles. The molecule has 1 unspecified atom stereocenters. The Kier molecular flexibility index (Phi) is 5.20. The van der Waals surface area contributed by atoms with Crippen LogP contribution in [0.15, 0.2) is 54.6 Å². The number of carbonyl (C=O) groups is 2. The van der Waals surface area contributed by atoms with Crippen molar-refractivity contribution in [2.75, 3.05) is 18.2 Å². The second kappa shape index (κ2) is 7.53. The standard InChI is InChI=1S/C19H20N2O2S/c1-14-7-9-16(10-8-14)19(15-5-3-2-4-6-15)20-17(22)11-21-13-24-12-18(21)23/h2-10,19H,11-13H2,1H3,(H,20,22). The molecule has 5 heteroatoms. The number of rotatable bonds is 5. The number of nitrogens with zero attached hydrogens (tertiary/aromatic N) is 1. The van der Waals surface area contributed by atoms with Crippen molar-refractivity contribution in [1.29, 1.82) is 0 Å². The number of hydrogen-bond acceptors (Lipinski definition) is 3. The Labute approximate surface area is 146 Å². The lowest BCUT2D eigenvalue weighted by molar-refractivity contribution is -0.132. The van der Waals surface area contributed by atoms with Gasteiger partial charge in [0.05, 0.1) is 17.7 Å². The Morgan fingerprint density at radius 3 is 2.42 bits per heavy atom. The number of carbonyl (C=O) groups excluding carboxylic acids is 2. The summed E-state index contributed by atoms with van der Waals surface area (Å²) in [7, 11) is 0. The molecule has 4 nitrogen and oxygen atoms in total. The quantitative estimate of drug-likeness (QED) is 0.910. The van der Waals surface area contributed by atoms with Crippen molar-refractivity contribution in [2.45, 2.75) is 13.0 Å². The van der Waals surface area contributed by atoms with E-state index >= 15 is 0 Å². The predicted molar refractivity (Wildman–Crippen MR) is 96.6 cm³/mol. The van der Waals surface area contributed by atoms with E-state index in [4.69, 9.17) is 0 Å². The summed E-state index contributed by atoms with van der Waals surface area (Å²) >= 11 is 1.54. The van der Waals surface area contributed by atoms with Crippen molar-refractivity contribution in [3.8, 4) is 0 Å². The summed E-state index contributed by atoms with van der Waals surface area (Å²) in [6, 6.07) is 17.8. The minimum Gasteiger partial charge on any atom is -0.344 e. The molecule has 1 saturated heterocycles. The molecule has 0 aliphatic carbocycles. The molecule has 0 spiro atoms. The fraction of sp³-hybridized carbons (Fsp3) is 0.263. The van der Waals surface area contributed by atoms with Crippen molar-refractivity contribution < 1.29 is 9.59 Å². The van der Waals surface area contributed by atoms with Crippen molar-refractivity contribution in [1.82, 2.24) is 10.2 Å². The highest BCUT2D eigenvalue weighted by Gasteiger charge is 2.24. The Morgan fingerprint density at radius 2 is 1.79 bits per heavy atom. The fourth-order valence-corrected chi connectivity index (χ4v) is 3.59. The van der Waals surface area contributed by atoms with E-state index in [0.717, 1.165) is 11.1 Å². The number of thioether (sulfide) groups is 1. The maximum Gasteiger partial charge on any atom is 0.240 e. The van der Waals surface area contributed by atoms with Gasteiger partial charge in [-0.1, -0.05) is 60.2 Å². The summed E-state index contributed by atoms with van der Waals surface area (Å²) in [5.74, 6) is 0.946. The maximum absolute atomic E-state index is 12.5. The second-order valence-electron chi connectivity index (χ2n) is 5.89. The van der Waals surface area contributed by atoms with E-state index in [1.165, 1.54) is 5.56 Å². The molecular formula is C19H20N2O2S. The van der Waals surface area contributed by atoms with E-state index in [1.807, 2.05) is 61.5 Å². The monoisotopic (exact) mass is 340 g/mol. The summed E-state index contributed by atoms with van der Waals surface area (Å²) in [5.41, 5.74) is 3.23. The van der Waals surface area contributed by atoms with Gasteiger partial charge in [0, 0.05) is 0 Å². The van der Waals surface area contributed by atoms with Gasteiger partial charge in [0.15, 0.2) is 0 Å². The van der Waals surface area contributed by atoms with E-state index in [2.05, 4.69) is 5.32 Å². The number of nitrogens with one attached hydrogen (secondary N) is 1. The van der Waals surface area contributed by atoms with Gasteiger partial charge >= 0.3 is 0 Å². The van der Waals surface area contributed by atoms with Crippen LogP contribution in [-0.2, 0) is 9.59 Å². The molecule has 0 saturated carbocycles. The predicted octanol–water partition coefficient (Wildman–Crippen LogP) is 2.73. The fourth-order valence-electron chi connectivity index (χ4n) is 2.68. The SMILES string of the molecule is Cc1ccc(C(NC(=O)CN2CSCC2=O)c2ccccc2)cc1. The van der Waals surface area contributed by atoms with Crippen molar-refractivity contribution in [3.63, 3.8) is 0 Å². The molecule has 1 aliphatic heterocycles. The van der Waals surface area contributed by atoms with Crippen LogP contribution in [0.4, 0.5) is 0 Å². The molecule has 1 aliphatic rings. The molecule has 1 fully saturated rings. The summed E-state index contributed by atoms with van der Waals surface area (Å²) in [4.78, 5) is 25.7. The van der Waals surface area contributed by atoms with Crippen LogP contribution in [0.1, 0.15) is 22.7 Å². The van der Waals surface area contributed by atoms with Gasteiger partial charge in [0.2, 0.25) is 11.8 Å². The zero-order chi connectivity index (χ0) is 16.9. The first-order chi connectivity index (χ1) is 11.6. The first kappa shape index (κ1) is 16.6. The third-order valence-electron chi connectivity index (χ3n) is 4.01. The first-order valence-corrected chi connectivity index (χ1v) is 9.05. The van der Waals surface area contributed by atoms with Crippen molar-refractivity contribution in [2.24, 2.45) is 0 Å². The van der Waals surface area contributed by atoms with E-state index in [9.17, 15) is 9.59 Å². The zero-order valence-corrected chi connectivity index (χ0v) is 14.4. The average Bonchev–Trinajstić information content (AvgIpc) is 2.99. The van der Waals surface area contributed by atoms with Crippen LogP contribution in [0, 0.1) is 6.92 Å². The second-order valence-corrected chi connectivity index (χ2v) is 6.85. The van der Waals surface area contributed by atoms with Crippen LogP contribution in [0.3, 0.4) is 0 Å². The first-order valence-electron chi connectivity index (χ1n) is 7.90. The molecular weight excluding hydrogens is 320 g/mol. The summed E-state index contributed by atoms with van der Waals surface area (Å²) in [6.45, 7) is 2.15. The van der Waals surface area contributed by atoms with E-state index in [-0.39, 0.29) is 24.4 Å². The molecule has 1 atom stereocenters. The molecule has 1 N–H and O–H groups in total. The topological polar surface area (TPSA) is 49.4 Å². The lowest BCUT2D eigenvalue weighted by Gasteiger charge is -2.22. The Balaban J connectivity index is 1.78. The molecule has 0 radical (unpaired) electrons. The molecule has 2 aromatic rings. The zero-order valence-electron chi connectivity index (χ0n) is 13.6. The van der Waals surface area contributed by atoms with Crippen LogP contribution in [0.25, 0.3) is 0 Å². The molecule has 3 rings (SSSR count). The highest BCUT2D eigenvalue weighted by Crippen LogP contribution is 2.22. The molecule has 124 valence electrons. The van der Waals surface area contributed by atoms with Gasteiger partial charge in [-0.2, -0.15) is 0 Å². The highest BCUT2D eigenvalue weighted by molar-refractivity contribution is 8.00. The Bertz CT molecular complexity index is 716. The lowest BCUT2D eigenvalue weighted by atomic mass is 9.98. The minimum absolute atomic E-state index is 0.0294. The molecule has 1 heterocycles. The van der Waals surface area contributed by atoms with Gasteiger partial charge < -0.3 is 10.2 Å². The number of aryl methyl sites for hydroxylation is 1. The molecule has 2 amide bonds. The van der Waals surface area contributed by atoms with Crippen LogP contribution < -0.4 is 5.32 Å². The molecule has 0 bridgehead atoms. The number of amides is 2. The number of benzene rings is 2. The van der Waals surface area contributed by atoms with Crippen LogP contribution >= 0.6 is 11.8 Å². The summed E-state index contributed by atoms with van der Waals surface area (Å²) in [5, 5.41) is 3.07. The van der Waals surface area contributed by atoms with Crippen LogP contribution in [0.5, 0.6) is 0 Å². The lowest BCUT2D eigenvalue weighted by Crippen LogP contribution is -2.40. The van der Waals surface area contributed by atoms with E-state index in [0.29, 0.717) is 11.6 Å². The van der Waals surface area contributed by atoms with Gasteiger partial charge in [0.25, 0.3) is 0 Å². The van der Waals surface area contributed by atoms with E-state index in [1.54, 1.807) is 16.7 Å². The summed E-state index contributed by atoms with van der Waals surface area (Å²) in [6.07, 6.45) is 0. The van der Waals surface area contributed by atoms with Crippen LogP contribution in [-0.4, -0.2) is 34.9 Å². The van der Waals surface area contributed by atoms with Gasteiger partial charge in [-0.25, -0.2) is 0 Å². The summed E-state index contributed by atoms with van der Waals surface area (Å²) < 4.78 is 0. The van der Waals surface area contributed by atoms with Gasteiger partial charge in [-0.05, 0) is 18.1 Å². The Morgan fingerprint density at radius 1 is 1.12 bits per heavy atom. The molecule has 2 aromatic carbocycles. The third-order valence-corrected chi connectivity index (χ3v) is 4.95.